The van der Waals surface area contributed by atoms with Crippen molar-refractivity contribution in [2.45, 2.75) is 12.5 Å². The Kier molecular flexibility index (Phi) is 10.6. The molecular formula is C18H23N2OY-. The molecule has 4 heteroatoms. The standard InChI is InChI=1S/C14H14O.C4H9N2.Y/c15-14(13-9-5-2-6-10-13)11-12-7-3-1-4-8-12;1-2-6-4-3-5-1;/h1-10,14-15H,11H2;5H,1-4H2;/q;-1;. The van der Waals surface area contributed by atoms with Crippen molar-refractivity contribution in [3.05, 3.63) is 77.1 Å². The van der Waals surface area contributed by atoms with Gasteiger partial charge in [-0.2, -0.15) is 0 Å². The molecule has 1 unspecified atom stereocenters. The minimum atomic E-state index is -0.409. The molecule has 0 amide bonds. The first-order valence-corrected chi connectivity index (χ1v) is 7.47. The minimum Gasteiger partial charge on any atom is -0.660 e. The second-order valence-electron chi connectivity index (χ2n) is 5.04. The molecule has 0 bridgehead atoms. The molecule has 3 rings (SSSR count). The van der Waals surface area contributed by atoms with E-state index < -0.39 is 6.10 Å². The van der Waals surface area contributed by atoms with E-state index in [2.05, 4.69) is 10.6 Å². The fourth-order valence-electron chi connectivity index (χ4n) is 2.18. The smallest absolute Gasteiger partial charge is 0.0830 e. The first kappa shape index (κ1) is 19.5. The molecule has 0 aromatic heterocycles. The van der Waals surface area contributed by atoms with E-state index in [1.807, 2.05) is 60.7 Å². The predicted octanol–water partition coefficient (Wildman–Crippen LogP) is 2.92. The molecule has 0 spiro atoms. The third-order valence-electron chi connectivity index (χ3n) is 3.35. The number of aliphatic hydroxyl groups excluding tert-OH is 1. The summed E-state index contributed by atoms with van der Waals surface area (Å²) in [6, 6.07) is 19.8. The maximum absolute atomic E-state index is 9.97. The van der Waals surface area contributed by atoms with E-state index in [4.69, 9.17) is 0 Å². The van der Waals surface area contributed by atoms with Gasteiger partial charge in [-0.3, -0.25) is 0 Å². The second-order valence-corrected chi connectivity index (χ2v) is 5.04. The number of piperazine rings is 1. The zero-order valence-electron chi connectivity index (χ0n) is 12.9. The molecule has 1 fully saturated rings. The number of nitrogens with zero attached hydrogens (tertiary/aromatic N) is 1. The normalized spacial score (nSPS) is 15.0. The molecule has 2 N–H and O–H groups in total. The van der Waals surface area contributed by atoms with Gasteiger partial charge in [0.15, 0.2) is 0 Å². The van der Waals surface area contributed by atoms with Crippen LogP contribution in [0.4, 0.5) is 0 Å². The van der Waals surface area contributed by atoms with Crippen molar-refractivity contribution in [2.75, 3.05) is 26.2 Å². The van der Waals surface area contributed by atoms with Crippen LogP contribution in [-0.2, 0) is 39.1 Å². The van der Waals surface area contributed by atoms with Gasteiger partial charge in [0.1, 0.15) is 0 Å². The van der Waals surface area contributed by atoms with Crippen molar-refractivity contribution in [3.8, 4) is 0 Å². The van der Waals surface area contributed by atoms with Gasteiger partial charge in [0.2, 0.25) is 0 Å². The summed E-state index contributed by atoms with van der Waals surface area (Å²) in [5, 5.41) is 17.3. The third kappa shape index (κ3) is 7.62. The Labute approximate surface area is 158 Å². The van der Waals surface area contributed by atoms with Crippen LogP contribution in [0.1, 0.15) is 17.2 Å². The number of hydrogen-bond acceptors (Lipinski definition) is 2. The van der Waals surface area contributed by atoms with Crippen molar-refractivity contribution in [1.82, 2.24) is 5.32 Å². The molecule has 1 saturated heterocycles. The van der Waals surface area contributed by atoms with Crippen molar-refractivity contribution >= 4 is 0 Å². The summed E-state index contributed by atoms with van der Waals surface area (Å²) < 4.78 is 0. The van der Waals surface area contributed by atoms with Crippen LogP contribution in [0.15, 0.2) is 60.7 Å². The number of aliphatic hydroxyl groups is 1. The molecule has 3 nitrogen and oxygen atoms in total. The Hall–Kier alpha value is -0.576. The van der Waals surface area contributed by atoms with Gasteiger partial charge in [0.05, 0.1) is 6.10 Å². The Morgan fingerprint density at radius 2 is 1.45 bits per heavy atom. The monoisotopic (exact) mass is 372 g/mol. The van der Waals surface area contributed by atoms with Crippen molar-refractivity contribution in [3.63, 3.8) is 0 Å². The summed E-state index contributed by atoms with van der Waals surface area (Å²) >= 11 is 0. The van der Waals surface area contributed by atoms with Crippen LogP contribution in [0.5, 0.6) is 0 Å². The van der Waals surface area contributed by atoms with Crippen molar-refractivity contribution in [2.24, 2.45) is 0 Å². The fourth-order valence-corrected chi connectivity index (χ4v) is 2.18. The summed E-state index contributed by atoms with van der Waals surface area (Å²) in [6.45, 7) is 4.19. The predicted molar refractivity (Wildman–Crippen MR) is 87.5 cm³/mol. The van der Waals surface area contributed by atoms with E-state index in [1.165, 1.54) is 0 Å². The molecule has 0 saturated carbocycles. The van der Waals surface area contributed by atoms with Gasteiger partial charge in [0.25, 0.3) is 0 Å². The Balaban J connectivity index is 0.000000293. The number of benzene rings is 2. The molecule has 1 aliphatic heterocycles. The molecular weight excluding hydrogens is 349 g/mol. The van der Waals surface area contributed by atoms with Gasteiger partial charge in [0, 0.05) is 39.1 Å². The maximum Gasteiger partial charge on any atom is 0.0830 e. The van der Waals surface area contributed by atoms with Crippen molar-refractivity contribution < 1.29 is 37.8 Å². The summed E-state index contributed by atoms with van der Waals surface area (Å²) in [6.07, 6.45) is 0.263. The molecule has 2 aromatic carbocycles. The Morgan fingerprint density at radius 3 is 1.91 bits per heavy atom. The number of hydrogen-bond donors (Lipinski definition) is 2. The van der Waals surface area contributed by atoms with Gasteiger partial charge in [-0.15, -0.1) is 13.1 Å². The molecule has 22 heavy (non-hydrogen) atoms. The largest absolute Gasteiger partial charge is 0.660 e. The molecule has 1 aliphatic rings. The van der Waals surface area contributed by atoms with E-state index >= 15 is 0 Å². The minimum absolute atomic E-state index is 0. The maximum atomic E-state index is 9.97. The van der Waals surface area contributed by atoms with Crippen LogP contribution in [-0.4, -0.2) is 31.3 Å². The molecule has 0 aliphatic carbocycles. The van der Waals surface area contributed by atoms with Gasteiger partial charge >= 0.3 is 0 Å². The molecule has 1 radical (unpaired) electrons. The molecule has 115 valence electrons. The number of nitrogens with one attached hydrogen (secondary N) is 1. The first-order valence-electron chi connectivity index (χ1n) is 7.47. The summed E-state index contributed by atoms with van der Waals surface area (Å²) in [7, 11) is 0. The summed E-state index contributed by atoms with van der Waals surface area (Å²) in [4.78, 5) is 0. The average Bonchev–Trinajstić information content (AvgIpc) is 2.59. The van der Waals surface area contributed by atoms with Crippen LogP contribution >= 0.6 is 0 Å². The van der Waals surface area contributed by atoms with E-state index in [-0.39, 0.29) is 32.7 Å². The van der Waals surface area contributed by atoms with Gasteiger partial charge in [-0.25, -0.2) is 0 Å². The molecule has 2 aromatic rings. The Bertz CT molecular complexity index is 477. The zero-order chi connectivity index (χ0) is 14.8. The topological polar surface area (TPSA) is 46.4 Å². The summed E-state index contributed by atoms with van der Waals surface area (Å²) in [5.41, 5.74) is 2.13. The SMILES string of the molecule is C1CNCC[N-]1.OC(Cc1ccccc1)c1ccccc1.[Y]. The van der Waals surface area contributed by atoms with E-state index in [0.29, 0.717) is 6.42 Å². The quantitative estimate of drug-likeness (QED) is 0.871. The van der Waals surface area contributed by atoms with E-state index in [0.717, 1.165) is 37.3 Å². The zero-order valence-corrected chi connectivity index (χ0v) is 15.7. The van der Waals surface area contributed by atoms with Crippen LogP contribution in [0.2, 0.25) is 0 Å². The van der Waals surface area contributed by atoms with Crippen LogP contribution < -0.4 is 5.32 Å². The van der Waals surface area contributed by atoms with E-state index in [9.17, 15) is 5.11 Å². The first-order chi connectivity index (χ1) is 10.4. The van der Waals surface area contributed by atoms with Gasteiger partial charge in [-0.05, 0) is 24.2 Å². The van der Waals surface area contributed by atoms with Crippen LogP contribution in [0.25, 0.3) is 5.32 Å². The summed E-state index contributed by atoms with van der Waals surface area (Å²) in [5.74, 6) is 0. The average molecular weight is 372 g/mol. The van der Waals surface area contributed by atoms with Gasteiger partial charge in [-0.1, -0.05) is 60.7 Å². The molecule has 1 heterocycles. The number of rotatable bonds is 3. The fraction of sp³-hybridized carbons (Fsp3) is 0.333. The second kappa shape index (κ2) is 11.9. The third-order valence-corrected chi connectivity index (χ3v) is 3.35. The Morgan fingerprint density at radius 1 is 0.909 bits per heavy atom. The van der Waals surface area contributed by atoms with Gasteiger partial charge < -0.3 is 15.7 Å². The molecule has 1 atom stereocenters. The van der Waals surface area contributed by atoms with E-state index in [1.54, 1.807) is 0 Å². The van der Waals surface area contributed by atoms with Crippen LogP contribution in [0.3, 0.4) is 0 Å². The van der Waals surface area contributed by atoms with Crippen LogP contribution in [0, 0.1) is 0 Å². The van der Waals surface area contributed by atoms with Crippen molar-refractivity contribution in [1.29, 1.82) is 0 Å².